The van der Waals surface area contributed by atoms with Gasteiger partial charge in [-0.1, -0.05) is 84.9 Å². The van der Waals surface area contributed by atoms with E-state index in [1.165, 1.54) is 86.5 Å². The Morgan fingerprint density at radius 3 is 1.22 bits per heavy atom. The molecule has 0 fully saturated rings. The summed E-state index contributed by atoms with van der Waals surface area (Å²) in [4.78, 5) is 0. The van der Waals surface area contributed by atoms with Gasteiger partial charge in [-0.25, -0.2) is 0 Å². The van der Waals surface area contributed by atoms with Crippen LogP contribution in [0, 0.1) is 13.8 Å². The van der Waals surface area contributed by atoms with Crippen LogP contribution in [0.1, 0.15) is 11.1 Å². The minimum absolute atomic E-state index is 1.32. The largest absolute Gasteiger partial charge is 0.0610 e. The Bertz CT molecular complexity index is 1890. The second-order valence-corrected chi connectivity index (χ2v) is 9.51. The molecule has 0 atom stereocenters. The van der Waals surface area contributed by atoms with Gasteiger partial charge in [-0.2, -0.15) is 0 Å². The normalized spacial score (nSPS) is 12.7. The molecule has 32 heavy (non-hydrogen) atoms. The topological polar surface area (TPSA) is 0 Å². The summed E-state index contributed by atoms with van der Waals surface area (Å²) in [6, 6.07) is 32.3. The molecule has 0 aliphatic carbocycles. The summed E-state index contributed by atoms with van der Waals surface area (Å²) in [7, 11) is 0. The SMILES string of the molecule is Cc1cc2ccc3cccc4c3c2c(c1)c1c2cccc3ccc5cc(C)cc(c5c32)c41. The molecule has 0 heterocycles. The first kappa shape index (κ1) is 16.8. The van der Waals surface area contributed by atoms with Crippen molar-refractivity contribution in [3.8, 4) is 0 Å². The molecule has 8 aromatic carbocycles. The van der Waals surface area contributed by atoms with Gasteiger partial charge in [0, 0.05) is 0 Å². The highest BCUT2D eigenvalue weighted by Gasteiger charge is 2.20. The van der Waals surface area contributed by atoms with Gasteiger partial charge in [-0.3, -0.25) is 0 Å². The van der Waals surface area contributed by atoms with Crippen LogP contribution in [0.15, 0.2) is 84.9 Å². The van der Waals surface area contributed by atoms with Gasteiger partial charge in [0.15, 0.2) is 0 Å². The molecule has 0 unspecified atom stereocenters. The van der Waals surface area contributed by atoms with E-state index in [0.717, 1.165) is 0 Å². The molecule has 0 saturated heterocycles. The summed E-state index contributed by atoms with van der Waals surface area (Å²) in [5, 5.41) is 19.3. The first-order valence-corrected chi connectivity index (χ1v) is 11.4. The van der Waals surface area contributed by atoms with Gasteiger partial charge in [0.2, 0.25) is 0 Å². The van der Waals surface area contributed by atoms with Crippen LogP contribution in [0.2, 0.25) is 0 Å². The zero-order chi connectivity index (χ0) is 21.1. The minimum atomic E-state index is 1.32. The van der Waals surface area contributed by atoms with Crippen molar-refractivity contribution >= 4 is 75.4 Å². The lowest BCUT2D eigenvalue weighted by Gasteiger charge is -2.21. The highest BCUT2D eigenvalue weighted by molar-refractivity contribution is 6.45. The first-order valence-electron chi connectivity index (χ1n) is 11.4. The summed E-state index contributed by atoms with van der Waals surface area (Å²) in [6.45, 7) is 4.45. The molecule has 0 nitrogen and oxygen atoms in total. The van der Waals surface area contributed by atoms with E-state index in [2.05, 4.69) is 98.8 Å². The van der Waals surface area contributed by atoms with E-state index in [9.17, 15) is 0 Å². The maximum atomic E-state index is 2.41. The van der Waals surface area contributed by atoms with E-state index in [4.69, 9.17) is 0 Å². The van der Waals surface area contributed by atoms with E-state index < -0.39 is 0 Å². The predicted molar refractivity (Wildman–Crippen MR) is 141 cm³/mol. The second kappa shape index (κ2) is 5.47. The molecule has 0 aliphatic heterocycles. The Kier molecular flexibility index (Phi) is 2.86. The van der Waals surface area contributed by atoms with Crippen molar-refractivity contribution in [2.24, 2.45) is 0 Å². The number of hydrogen-bond donors (Lipinski definition) is 0. The third-order valence-corrected chi connectivity index (χ3v) is 7.53. The van der Waals surface area contributed by atoms with Crippen LogP contribution in [-0.2, 0) is 0 Å². The highest BCUT2D eigenvalue weighted by Crippen LogP contribution is 2.48. The van der Waals surface area contributed by atoms with E-state index in [1.54, 1.807) is 0 Å². The molecule has 8 rings (SSSR count). The van der Waals surface area contributed by atoms with Crippen LogP contribution in [0.25, 0.3) is 75.4 Å². The van der Waals surface area contributed by atoms with Crippen LogP contribution >= 0.6 is 0 Å². The lowest BCUT2D eigenvalue weighted by molar-refractivity contribution is 1.53. The first-order chi connectivity index (χ1) is 15.7. The fourth-order valence-electron chi connectivity index (χ4n) is 6.42. The van der Waals surface area contributed by atoms with Gasteiger partial charge in [-0.15, -0.1) is 0 Å². The van der Waals surface area contributed by atoms with Crippen molar-refractivity contribution in [2.75, 3.05) is 0 Å². The van der Waals surface area contributed by atoms with Gasteiger partial charge >= 0.3 is 0 Å². The molecule has 0 heteroatoms. The molecular weight excluding hydrogens is 384 g/mol. The summed E-state index contributed by atoms with van der Waals surface area (Å²) < 4.78 is 0. The van der Waals surface area contributed by atoms with Crippen molar-refractivity contribution < 1.29 is 0 Å². The number of fused-ring (bicyclic) bond motifs is 5. The molecule has 0 saturated carbocycles. The van der Waals surface area contributed by atoms with E-state index >= 15 is 0 Å². The van der Waals surface area contributed by atoms with Crippen molar-refractivity contribution in [3.63, 3.8) is 0 Å². The van der Waals surface area contributed by atoms with Crippen molar-refractivity contribution in [2.45, 2.75) is 13.8 Å². The molecule has 0 aromatic heterocycles. The monoisotopic (exact) mass is 404 g/mol. The standard InChI is InChI=1S/C32H20/c1-17-13-21-11-9-19-5-4-8-24-27(19)29(21)25(15-17)31-23-7-3-6-20-10-12-22-14-18(2)16-26(32(24)31)30(22)28(20)23/h3-16H,1-2H3. The second-order valence-electron chi connectivity index (χ2n) is 9.51. The molecule has 0 N–H and O–H groups in total. The smallest absolute Gasteiger partial charge is 0.00133 e. The number of hydrogen-bond acceptors (Lipinski definition) is 0. The van der Waals surface area contributed by atoms with Crippen LogP contribution in [-0.4, -0.2) is 0 Å². The molecule has 148 valence electrons. The van der Waals surface area contributed by atoms with Gasteiger partial charge < -0.3 is 0 Å². The predicted octanol–water partition coefficient (Wildman–Crippen LogP) is 9.25. The van der Waals surface area contributed by atoms with Gasteiger partial charge in [0.05, 0.1) is 0 Å². The fourth-order valence-corrected chi connectivity index (χ4v) is 6.42. The van der Waals surface area contributed by atoms with Crippen LogP contribution < -0.4 is 0 Å². The molecule has 0 aliphatic rings. The fraction of sp³-hybridized carbons (Fsp3) is 0.0625. The summed E-state index contributed by atoms with van der Waals surface area (Å²) in [5.41, 5.74) is 2.64. The Hall–Kier alpha value is -3.90. The minimum Gasteiger partial charge on any atom is -0.0610 e. The van der Waals surface area contributed by atoms with Gasteiger partial charge in [0.25, 0.3) is 0 Å². The molecule has 0 bridgehead atoms. The summed E-state index contributed by atoms with van der Waals surface area (Å²) in [6.07, 6.45) is 0. The number of rotatable bonds is 0. The average Bonchev–Trinajstić information content (AvgIpc) is 2.80. The Morgan fingerprint density at radius 1 is 0.344 bits per heavy atom. The van der Waals surface area contributed by atoms with Crippen molar-refractivity contribution in [1.29, 1.82) is 0 Å². The third kappa shape index (κ3) is 1.86. The quantitative estimate of drug-likeness (QED) is 0.174. The Labute approximate surface area is 185 Å². The number of aryl methyl sites for hydroxylation is 2. The molecule has 0 spiro atoms. The van der Waals surface area contributed by atoms with Crippen LogP contribution in [0.5, 0.6) is 0 Å². The number of benzene rings is 8. The molecular formula is C32H20. The summed E-state index contributed by atoms with van der Waals surface area (Å²) >= 11 is 0. The van der Waals surface area contributed by atoms with E-state index in [0.29, 0.717) is 0 Å². The average molecular weight is 405 g/mol. The van der Waals surface area contributed by atoms with Crippen molar-refractivity contribution in [1.82, 2.24) is 0 Å². The lowest BCUT2D eigenvalue weighted by Crippen LogP contribution is -1.93. The highest BCUT2D eigenvalue weighted by atomic mass is 14.2. The van der Waals surface area contributed by atoms with Crippen molar-refractivity contribution in [3.05, 3.63) is 96.1 Å². The third-order valence-electron chi connectivity index (χ3n) is 7.53. The van der Waals surface area contributed by atoms with Crippen LogP contribution in [0.3, 0.4) is 0 Å². The Balaban J connectivity index is 1.90. The zero-order valence-corrected chi connectivity index (χ0v) is 18.1. The van der Waals surface area contributed by atoms with Gasteiger partial charge in [0.1, 0.15) is 0 Å². The van der Waals surface area contributed by atoms with Crippen LogP contribution in [0.4, 0.5) is 0 Å². The molecule has 0 radical (unpaired) electrons. The van der Waals surface area contributed by atoms with E-state index in [1.807, 2.05) is 0 Å². The van der Waals surface area contributed by atoms with Gasteiger partial charge in [-0.05, 0) is 100 Å². The van der Waals surface area contributed by atoms with E-state index in [-0.39, 0.29) is 0 Å². The zero-order valence-electron chi connectivity index (χ0n) is 18.1. The molecule has 0 amide bonds. The Morgan fingerprint density at radius 2 is 0.750 bits per heavy atom. The summed E-state index contributed by atoms with van der Waals surface area (Å²) in [5.74, 6) is 0. The molecule has 8 aromatic rings. The maximum absolute atomic E-state index is 2.41. The maximum Gasteiger partial charge on any atom is -0.00133 e. The lowest BCUT2D eigenvalue weighted by atomic mass is 9.82.